The maximum Gasteiger partial charge on any atom is 0.410 e. The first-order valence-corrected chi connectivity index (χ1v) is 11.3. The molecule has 1 aromatic carbocycles. The summed E-state index contributed by atoms with van der Waals surface area (Å²) < 4.78 is 19.2. The van der Waals surface area contributed by atoms with Crippen LogP contribution in [0.2, 0.25) is 0 Å². The molecule has 3 heterocycles. The molecule has 0 radical (unpaired) electrons. The van der Waals surface area contributed by atoms with Crippen LogP contribution in [0.15, 0.2) is 21.5 Å². The quantitative estimate of drug-likeness (QED) is 0.574. The molecule has 0 aliphatic carbocycles. The Bertz CT molecular complexity index is 736. The lowest BCUT2D eigenvalue weighted by Crippen LogP contribution is -2.49. The number of ether oxygens (including phenoxy) is 1. The summed E-state index contributed by atoms with van der Waals surface area (Å²) in [7, 11) is 0. The monoisotopic (exact) mass is 440 g/mol. The number of piperidine rings is 1. The standard InChI is InChI=1S/C19H25BrN2O3S/c1-19(2,3)25-18(23)21-7-5-15-14(11-21)13-9-12(20)10-16-17(13)22(15)6-4-8-26(16)24/h9-10,14-15H,4-8,11H2,1-3H3/t14-,15-,26?/m0/s1. The van der Waals surface area contributed by atoms with E-state index in [0.717, 1.165) is 40.2 Å². The first-order chi connectivity index (χ1) is 12.2. The first-order valence-electron chi connectivity index (χ1n) is 9.21. The van der Waals surface area contributed by atoms with Crippen molar-refractivity contribution in [2.24, 2.45) is 0 Å². The molecule has 26 heavy (non-hydrogen) atoms. The predicted molar refractivity (Wildman–Crippen MR) is 106 cm³/mol. The zero-order chi connectivity index (χ0) is 18.6. The molecular formula is C19H25BrN2O3S. The normalized spacial score (nSPS) is 27.7. The maximum absolute atomic E-state index is 12.7. The number of fused-ring (bicyclic) bond motifs is 3. The molecule has 0 aromatic heterocycles. The Labute approximate surface area is 166 Å². The number of halogens is 1. The van der Waals surface area contributed by atoms with Crippen LogP contribution in [-0.2, 0) is 15.9 Å². The summed E-state index contributed by atoms with van der Waals surface area (Å²) in [6.45, 7) is 8.01. The second kappa shape index (κ2) is 6.60. The van der Waals surface area contributed by atoms with Crippen LogP contribution >= 0.6 is 15.9 Å². The van der Waals surface area contributed by atoms with Crippen LogP contribution < -0.4 is 4.90 Å². The fourth-order valence-corrected chi connectivity index (χ4v) is 6.34. The average Bonchev–Trinajstić information content (AvgIpc) is 2.75. The highest BCUT2D eigenvalue weighted by Gasteiger charge is 2.47. The van der Waals surface area contributed by atoms with Gasteiger partial charge in [0.2, 0.25) is 0 Å². The van der Waals surface area contributed by atoms with Gasteiger partial charge in [0, 0.05) is 48.6 Å². The summed E-state index contributed by atoms with van der Waals surface area (Å²) in [5.74, 6) is 0.971. The largest absolute Gasteiger partial charge is 0.611 e. The number of benzene rings is 1. The van der Waals surface area contributed by atoms with Gasteiger partial charge in [0.15, 0.2) is 4.90 Å². The molecule has 1 aromatic rings. The van der Waals surface area contributed by atoms with Gasteiger partial charge in [0.05, 0.1) is 5.69 Å². The van der Waals surface area contributed by atoms with E-state index in [4.69, 9.17) is 4.74 Å². The van der Waals surface area contributed by atoms with E-state index in [1.807, 2.05) is 31.7 Å². The number of carbonyl (C=O) groups is 1. The molecule has 0 N–H and O–H groups in total. The summed E-state index contributed by atoms with van der Waals surface area (Å²) in [6.07, 6.45) is 1.63. The Hall–Kier alpha value is -0.920. The maximum atomic E-state index is 12.7. The third kappa shape index (κ3) is 3.22. The van der Waals surface area contributed by atoms with Crippen LogP contribution in [0.5, 0.6) is 0 Å². The number of nitrogens with zero attached hydrogens (tertiary/aromatic N) is 2. The van der Waals surface area contributed by atoms with Crippen molar-refractivity contribution in [3.05, 3.63) is 22.2 Å². The van der Waals surface area contributed by atoms with E-state index >= 15 is 0 Å². The lowest BCUT2D eigenvalue weighted by Gasteiger charge is -2.39. The second-order valence-electron chi connectivity index (χ2n) is 8.33. The number of likely N-dealkylation sites (tertiary alicyclic amines) is 1. The van der Waals surface area contributed by atoms with Gasteiger partial charge in [-0.2, -0.15) is 0 Å². The predicted octanol–water partition coefficient (Wildman–Crippen LogP) is 3.87. The van der Waals surface area contributed by atoms with Crippen LogP contribution in [0.4, 0.5) is 10.5 Å². The lowest BCUT2D eigenvalue weighted by molar-refractivity contribution is 0.0189. The number of anilines is 1. The Morgan fingerprint density at radius 1 is 1.35 bits per heavy atom. The Kier molecular flexibility index (Phi) is 4.68. The van der Waals surface area contributed by atoms with E-state index in [2.05, 4.69) is 26.9 Å². The molecule has 4 rings (SSSR count). The van der Waals surface area contributed by atoms with Gasteiger partial charge in [-0.1, -0.05) is 15.9 Å². The van der Waals surface area contributed by atoms with Gasteiger partial charge < -0.3 is 19.1 Å². The SMILES string of the molecule is CC(C)(C)OC(=O)N1CC[C@H]2[C@@H](C1)c1cc(Br)cc3c1N2CCC[S+]3[O-]. The Morgan fingerprint density at radius 3 is 2.85 bits per heavy atom. The molecule has 142 valence electrons. The van der Waals surface area contributed by atoms with Gasteiger partial charge in [0.25, 0.3) is 0 Å². The summed E-state index contributed by atoms with van der Waals surface area (Å²) in [4.78, 5) is 17.8. The van der Waals surface area contributed by atoms with Crippen molar-refractivity contribution in [3.8, 4) is 0 Å². The molecule has 3 aliphatic heterocycles. The topological polar surface area (TPSA) is 55.8 Å². The third-order valence-corrected chi connectivity index (χ3v) is 7.28. The fraction of sp³-hybridized carbons (Fsp3) is 0.632. The zero-order valence-corrected chi connectivity index (χ0v) is 17.9. The minimum atomic E-state index is -0.955. The van der Waals surface area contributed by atoms with Gasteiger partial charge in [-0.15, -0.1) is 0 Å². The van der Waals surface area contributed by atoms with Crippen molar-refractivity contribution < 1.29 is 14.1 Å². The minimum Gasteiger partial charge on any atom is -0.611 e. The van der Waals surface area contributed by atoms with Crippen molar-refractivity contribution in [3.63, 3.8) is 0 Å². The van der Waals surface area contributed by atoms with Crippen LogP contribution in [0.1, 0.15) is 45.1 Å². The van der Waals surface area contributed by atoms with E-state index < -0.39 is 16.8 Å². The summed E-state index contributed by atoms with van der Waals surface area (Å²) in [5.41, 5.74) is 1.90. The number of carbonyl (C=O) groups excluding carboxylic acids is 1. The van der Waals surface area contributed by atoms with Crippen molar-refractivity contribution in [2.45, 2.75) is 56.1 Å². The van der Waals surface area contributed by atoms with Crippen molar-refractivity contribution in [1.29, 1.82) is 0 Å². The van der Waals surface area contributed by atoms with Crippen molar-refractivity contribution in [2.75, 3.05) is 30.3 Å². The summed E-state index contributed by atoms with van der Waals surface area (Å²) in [5, 5.41) is 0. The van der Waals surface area contributed by atoms with Crippen LogP contribution in [-0.4, -0.2) is 52.6 Å². The Balaban J connectivity index is 1.67. The van der Waals surface area contributed by atoms with E-state index in [0.29, 0.717) is 19.1 Å². The molecule has 0 bridgehead atoms. The lowest BCUT2D eigenvalue weighted by atomic mass is 9.89. The fourth-order valence-electron chi connectivity index (χ4n) is 4.39. The van der Waals surface area contributed by atoms with Gasteiger partial charge >= 0.3 is 6.09 Å². The average molecular weight is 441 g/mol. The van der Waals surface area contributed by atoms with Crippen LogP contribution in [0.25, 0.3) is 0 Å². The number of hydrogen-bond acceptors (Lipinski definition) is 4. The zero-order valence-electron chi connectivity index (χ0n) is 15.5. The number of hydrogen-bond donors (Lipinski definition) is 0. The smallest absolute Gasteiger partial charge is 0.410 e. The molecule has 3 atom stereocenters. The summed E-state index contributed by atoms with van der Waals surface area (Å²) >= 11 is 2.64. The van der Waals surface area contributed by atoms with Gasteiger partial charge in [0.1, 0.15) is 11.4 Å². The van der Waals surface area contributed by atoms with E-state index in [9.17, 15) is 9.35 Å². The van der Waals surface area contributed by atoms with E-state index in [1.54, 1.807) is 0 Å². The summed E-state index contributed by atoms with van der Waals surface area (Å²) in [6, 6.07) is 4.54. The molecule has 7 heteroatoms. The van der Waals surface area contributed by atoms with Gasteiger partial charge in [-0.3, -0.25) is 0 Å². The molecule has 5 nitrogen and oxygen atoms in total. The second-order valence-corrected chi connectivity index (χ2v) is 10.8. The Morgan fingerprint density at radius 2 is 2.12 bits per heavy atom. The van der Waals surface area contributed by atoms with Crippen LogP contribution in [0, 0.1) is 0 Å². The van der Waals surface area contributed by atoms with Gasteiger partial charge in [-0.05, 0) is 50.0 Å². The molecule has 1 unspecified atom stereocenters. The molecule has 1 saturated heterocycles. The molecule has 0 saturated carbocycles. The van der Waals surface area contributed by atoms with E-state index in [1.165, 1.54) is 5.56 Å². The highest BCUT2D eigenvalue weighted by molar-refractivity contribution is 9.10. The van der Waals surface area contributed by atoms with Crippen LogP contribution in [0.3, 0.4) is 0 Å². The molecule has 0 spiro atoms. The highest BCUT2D eigenvalue weighted by atomic mass is 79.9. The number of amides is 1. The number of rotatable bonds is 0. The third-order valence-electron chi connectivity index (χ3n) is 5.36. The highest BCUT2D eigenvalue weighted by Crippen LogP contribution is 2.50. The molecular weight excluding hydrogens is 416 g/mol. The van der Waals surface area contributed by atoms with Gasteiger partial charge in [-0.25, -0.2) is 4.79 Å². The molecule has 3 aliphatic rings. The van der Waals surface area contributed by atoms with Crippen molar-refractivity contribution >= 4 is 38.9 Å². The molecule has 1 fully saturated rings. The van der Waals surface area contributed by atoms with Crippen molar-refractivity contribution in [1.82, 2.24) is 4.90 Å². The molecule has 1 amide bonds. The van der Waals surface area contributed by atoms with E-state index in [-0.39, 0.29) is 12.0 Å². The first kappa shape index (κ1) is 18.4. The minimum absolute atomic E-state index is 0.234.